The van der Waals surface area contributed by atoms with Crippen molar-refractivity contribution in [2.75, 3.05) is 36.8 Å². The zero-order valence-electron chi connectivity index (χ0n) is 34.3. The number of amides is 4. The second kappa shape index (κ2) is 16.6. The Balaban J connectivity index is 0.720. The van der Waals surface area contributed by atoms with Crippen LogP contribution in [0.15, 0.2) is 109 Å². The quantitative estimate of drug-likeness (QED) is 0.161. The van der Waals surface area contributed by atoms with E-state index in [1.807, 2.05) is 94.7 Å². The maximum absolute atomic E-state index is 14.2. The van der Waals surface area contributed by atoms with E-state index in [1.165, 1.54) is 0 Å². The van der Waals surface area contributed by atoms with E-state index in [0.29, 0.717) is 63.2 Å². The average molecular weight is 805 g/mol. The van der Waals surface area contributed by atoms with Gasteiger partial charge in [-0.15, -0.1) is 0 Å². The van der Waals surface area contributed by atoms with Crippen LogP contribution in [-0.4, -0.2) is 93.6 Å². The summed E-state index contributed by atoms with van der Waals surface area (Å²) in [5.74, 6) is -0.378. The Morgan fingerprint density at radius 1 is 0.433 bits per heavy atom. The number of benzene rings is 4. The van der Waals surface area contributed by atoms with E-state index in [2.05, 4.69) is 44.7 Å². The van der Waals surface area contributed by atoms with Gasteiger partial charge in [0.25, 0.3) is 0 Å². The molecule has 0 aliphatic carbocycles. The Labute approximate surface area is 353 Å². The fourth-order valence-corrected chi connectivity index (χ4v) is 11.6. The van der Waals surface area contributed by atoms with E-state index in [1.54, 1.807) is 0 Å². The van der Waals surface area contributed by atoms with Crippen molar-refractivity contribution >= 4 is 35.0 Å². The van der Waals surface area contributed by atoms with E-state index in [0.717, 1.165) is 85.0 Å². The lowest BCUT2D eigenvalue weighted by molar-refractivity contribution is -0.138. The summed E-state index contributed by atoms with van der Waals surface area (Å²) in [6.45, 7) is 2.05. The lowest BCUT2D eigenvalue weighted by Gasteiger charge is -2.34. The highest BCUT2D eigenvalue weighted by Crippen LogP contribution is 2.46. The Kier molecular flexibility index (Phi) is 10.8. The minimum absolute atomic E-state index is 0.0557. The van der Waals surface area contributed by atoms with E-state index >= 15 is 0 Å². The minimum atomic E-state index is -0.283. The summed E-state index contributed by atoms with van der Waals surface area (Å²) in [7, 11) is 0. The molecule has 10 heteroatoms. The van der Waals surface area contributed by atoms with Crippen molar-refractivity contribution in [3.8, 4) is 11.1 Å². The lowest BCUT2D eigenvalue weighted by atomic mass is 10.0. The summed E-state index contributed by atoms with van der Waals surface area (Å²) in [5, 5.41) is 6.21. The molecule has 6 fully saturated rings. The van der Waals surface area contributed by atoms with Gasteiger partial charge in [-0.05, 0) is 111 Å². The molecule has 4 atom stereocenters. The molecule has 4 aromatic rings. The summed E-state index contributed by atoms with van der Waals surface area (Å²) in [4.78, 5) is 64.0. The van der Waals surface area contributed by atoms with Crippen molar-refractivity contribution < 1.29 is 19.2 Å². The maximum atomic E-state index is 14.2. The normalized spacial score (nSPS) is 27.0. The Bertz CT molecular complexity index is 2000. The summed E-state index contributed by atoms with van der Waals surface area (Å²) >= 11 is 0. The highest BCUT2D eigenvalue weighted by Gasteiger charge is 2.49. The Morgan fingerprint density at radius 2 is 0.767 bits per heavy atom. The molecular weight excluding hydrogens is 749 g/mol. The van der Waals surface area contributed by atoms with Crippen LogP contribution < -0.4 is 10.6 Å². The Morgan fingerprint density at radius 3 is 1.10 bits per heavy atom. The molecule has 4 amide bonds. The molecule has 2 N–H and O–H groups in total. The number of carbonyl (C=O) groups excluding carboxylic acids is 4. The smallest absolute Gasteiger partial charge is 0.244 e. The molecule has 6 aliphatic heterocycles. The molecule has 6 saturated heterocycles. The van der Waals surface area contributed by atoms with Crippen LogP contribution in [0.1, 0.15) is 87.4 Å². The van der Waals surface area contributed by atoms with Gasteiger partial charge < -0.3 is 20.4 Å². The molecule has 4 bridgehead atoms. The molecule has 0 unspecified atom stereocenters. The van der Waals surface area contributed by atoms with Gasteiger partial charge in [-0.1, -0.05) is 84.9 Å². The van der Waals surface area contributed by atoms with Gasteiger partial charge in [-0.2, -0.15) is 0 Å². The topological polar surface area (TPSA) is 105 Å². The van der Waals surface area contributed by atoms with E-state index in [9.17, 15) is 19.2 Å². The molecule has 0 aromatic heterocycles. The molecule has 4 aromatic carbocycles. The van der Waals surface area contributed by atoms with Crippen LogP contribution in [0.5, 0.6) is 0 Å². The molecular formula is C50H56N6O4. The zero-order chi connectivity index (χ0) is 40.7. The SMILES string of the molecule is O=C(Nc1ccc(-c2ccc(NC(=O)[C@H]3CCN(C(=O)[C@H](c4ccccc4)N4C5CCC4CC5)C3)cc2)cc1)[C@H]1CCN(C(=O)[C@H](c2ccccc2)N2C3CCC2CC3)C1. The van der Waals surface area contributed by atoms with Crippen LogP contribution in [0, 0.1) is 11.8 Å². The van der Waals surface area contributed by atoms with Crippen LogP contribution in [-0.2, 0) is 19.2 Å². The van der Waals surface area contributed by atoms with Crippen molar-refractivity contribution in [1.29, 1.82) is 0 Å². The molecule has 310 valence electrons. The summed E-state index contributed by atoms with van der Waals surface area (Å²) in [6.07, 6.45) is 10.6. The van der Waals surface area contributed by atoms with E-state index < -0.39 is 0 Å². The lowest BCUT2D eigenvalue weighted by Crippen LogP contribution is -2.44. The fourth-order valence-electron chi connectivity index (χ4n) is 11.6. The summed E-state index contributed by atoms with van der Waals surface area (Å²) in [6, 6.07) is 37.3. The van der Waals surface area contributed by atoms with Gasteiger partial charge in [0.2, 0.25) is 23.6 Å². The molecule has 6 heterocycles. The van der Waals surface area contributed by atoms with Crippen LogP contribution in [0.4, 0.5) is 11.4 Å². The zero-order valence-corrected chi connectivity index (χ0v) is 34.3. The first-order valence-corrected chi connectivity index (χ1v) is 22.4. The molecule has 10 nitrogen and oxygen atoms in total. The van der Waals surface area contributed by atoms with Gasteiger partial charge in [0, 0.05) is 61.7 Å². The summed E-state index contributed by atoms with van der Waals surface area (Å²) in [5.41, 5.74) is 5.54. The van der Waals surface area contributed by atoms with Crippen LogP contribution in [0.3, 0.4) is 0 Å². The first-order chi connectivity index (χ1) is 29.4. The number of likely N-dealkylation sites (tertiary alicyclic amines) is 2. The van der Waals surface area contributed by atoms with Crippen molar-refractivity contribution in [2.24, 2.45) is 11.8 Å². The highest BCUT2D eigenvalue weighted by atomic mass is 16.2. The Hall–Kier alpha value is -5.32. The third-order valence-corrected chi connectivity index (χ3v) is 14.7. The molecule has 0 saturated carbocycles. The number of rotatable bonds is 11. The maximum Gasteiger partial charge on any atom is 0.244 e. The molecule has 10 rings (SSSR count). The number of hydrogen-bond acceptors (Lipinski definition) is 6. The number of nitrogens with zero attached hydrogens (tertiary/aromatic N) is 4. The van der Waals surface area contributed by atoms with Gasteiger partial charge in [0.15, 0.2) is 0 Å². The number of nitrogens with one attached hydrogen (secondary N) is 2. The average Bonchev–Trinajstić information content (AvgIpc) is 4.18. The number of fused-ring (bicyclic) bond motifs is 4. The van der Waals surface area contributed by atoms with Crippen LogP contribution >= 0.6 is 0 Å². The van der Waals surface area contributed by atoms with Gasteiger partial charge in [0.1, 0.15) is 12.1 Å². The largest absolute Gasteiger partial charge is 0.340 e. The monoisotopic (exact) mass is 804 g/mol. The number of anilines is 2. The molecule has 0 radical (unpaired) electrons. The van der Waals surface area contributed by atoms with Crippen molar-refractivity contribution in [3.05, 3.63) is 120 Å². The van der Waals surface area contributed by atoms with Gasteiger partial charge in [-0.3, -0.25) is 29.0 Å². The number of carbonyl (C=O) groups is 4. The van der Waals surface area contributed by atoms with Gasteiger partial charge >= 0.3 is 0 Å². The fraction of sp³-hybridized carbons (Fsp3) is 0.440. The van der Waals surface area contributed by atoms with Crippen LogP contribution in [0.2, 0.25) is 0 Å². The van der Waals surface area contributed by atoms with Crippen molar-refractivity contribution in [1.82, 2.24) is 19.6 Å². The van der Waals surface area contributed by atoms with Crippen molar-refractivity contribution in [2.45, 2.75) is 100 Å². The third kappa shape index (κ3) is 7.53. The second-order valence-corrected chi connectivity index (χ2v) is 18.1. The van der Waals surface area contributed by atoms with E-state index in [4.69, 9.17) is 0 Å². The van der Waals surface area contributed by atoms with Crippen molar-refractivity contribution in [3.63, 3.8) is 0 Å². The minimum Gasteiger partial charge on any atom is -0.340 e. The summed E-state index contributed by atoms with van der Waals surface area (Å²) < 4.78 is 0. The molecule has 6 aliphatic rings. The molecule has 60 heavy (non-hydrogen) atoms. The standard InChI is InChI=1S/C50H56N6O4/c57-47(37-27-29-53(31-37)49(59)45(35-7-3-1-4-8-35)55-41-19-20-42(55)22-21-41)51-39-15-11-33(12-16-39)34-13-17-40(18-14-34)52-48(58)38-28-30-54(32-38)50(60)46(36-9-5-2-6-10-36)56-43-23-24-44(56)26-25-43/h1-18,37-38,41-46H,19-32H2,(H,51,57)(H,52,58)/t37-,38-,41?,42?,43?,44?,45-,46-/m0/s1. The predicted octanol–water partition coefficient (Wildman–Crippen LogP) is 7.66. The van der Waals surface area contributed by atoms with E-state index in [-0.39, 0.29) is 47.5 Å². The third-order valence-electron chi connectivity index (χ3n) is 14.7. The first kappa shape index (κ1) is 38.9. The van der Waals surface area contributed by atoms with Gasteiger partial charge in [0.05, 0.1) is 11.8 Å². The first-order valence-electron chi connectivity index (χ1n) is 22.4. The predicted molar refractivity (Wildman–Crippen MR) is 233 cm³/mol. The van der Waals surface area contributed by atoms with Crippen LogP contribution in [0.25, 0.3) is 11.1 Å². The highest BCUT2D eigenvalue weighted by molar-refractivity contribution is 5.95. The number of hydrogen-bond donors (Lipinski definition) is 2. The van der Waals surface area contributed by atoms with Gasteiger partial charge in [-0.25, -0.2) is 0 Å². The second-order valence-electron chi connectivity index (χ2n) is 18.1. The molecule has 0 spiro atoms.